The van der Waals surface area contributed by atoms with Crippen molar-refractivity contribution in [1.82, 2.24) is 19.9 Å². The molecule has 7 heteroatoms. The highest BCUT2D eigenvalue weighted by Gasteiger charge is 2.31. The van der Waals surface area contributed by atoms with E-state index in [1.807, 2.05) is 22.8 Å². The van der Waals surface area contributed by atoms with Gasteiger partial charge in [0.25, 0.3) is 5.56 Å². The average molecular weight is 359 g/mol. The molecule has 2 atom stereocenters. The Hall–Kier alpha value is -2.31. The first-order valence-electron chi connectivity index (χ1n) is 8.36. The van der Waals surface area contributed by atoms with Gasteiger partial charge in [-0.05, 0) is 36.6 Å². The van der Waals surface area contributed by atoms with Gasteiger partial charge in [-0.25, -0.2) is 4.79 Å². The van der Waals surface area contributed by atoms with Gasteiger partial charge in [0.2, 0.25) is 0 Å². The summed E-state index contributed by atoms with van der Waals surface area (Å²) in [6.07, 6.45) is 1.14. The lowest BCUT2D eigenvalue weighted by Crippen LogP contribution is -2.44. The summed E-state index contributed by atoms with van der Waals surface area (Å²) < 4.78 is 1.93. The van der Waals surface area contributed by atoms with Crippen molar-refractivity contribution < 1.29 is 0 Å². The SMILES string of the molecule is Cl.O=c1[nH]c2cccc(-c3cc4n(c(=O)c3)C[C@@H]3CNC[C@H]4C3)c2[nH]1. The number of fused-ring (bicyclic) bond motifs is 5. The molecule has 2 aliphatic heterocycles. The quantitative estimate of drug-likeness (QED) is 0.620. The van der Waals surface area contributed by atoms with Crippen molar-refractivity contribution in [2.45, 2.75) is 18.9 Å². The maximum absolute atomic E-state index is 12.7. The number of imidazole rings is 1. The maximum Gasteiger partial charge on any atom is 0.323 e. The third-order valence-corrected chi connectivity index (χ3v) is 5.32. The predicted octanol–water partition coefficient (Wildman–Crippen LogP) is 1.81. The van der Waals surface area contributed by atoms with Gasteiger partial charge in [-0.1, -0.05) is 12.1 Å². The lowest BCUT2D eigenvalue weighted by Gasteiger charge is -2.37. The van der Waals surface area contributed by atoms with E-state index >= 15 is 0 Å². The Morgan fingerprint density at radius 3 is 2.84 bits per heavy atom. The first-order chi connectivity index (χ1) is 11.7. The number of nitrogens with one attached hydrogen (secondary N) is 3. The number of benzene rings is 1. The van der Waals surface area contributed by atoms with Gasteiger partial charge in [0.1, 0.15) is 0 Å². The van der Waals surface area contributed by atoms with Gasteiger partial charge in [0, 0.05) is 36.3 Å². The van der Waals surface area contributed by atoms with Gasteiger partial charge in [-0.2, -0.15) is 0 Å². The first kappa shape index (κ1) is 16.2. The minimum Gasteiger partial charge on any atom is -0.316 e. The van der Waals surface area contributed by atoms with Gasteiger partial charge >= 0.3 is 5.69 Å². The second kappa shape index (κ2) is 5.89. The van der Waals surface area contributed by atoms with Crippen LogP contribution in [0.15, 0.2) is 39.9 Å². The molecule has 2 aliphatic rings. The zero-order chi connectivity index (χ0) is 16.3. The fourth-order valence-corrected chi connectivity index (χ4v) is 4.26. The van der Waals surface area contributed by atoms with Crippen LogP contribution in [0.5, 0.6) is 0 Å². The monoisotopic (exact) mass is 358 g/mol. The molecule has 25 heavy (non-hydrogen) atoms. The Kier molecular flexibility index (Phi) is 3.81. The van der Waals surface area contributed by atoms with Gasteiger partial charge in [-0.3, -0.25) is 4.79 Å². The predicted molar refractivity (Wildman–Crippen MR) is 99.6 cm³/mol. The Morgan fingerprint density at radius 2 is 1.96 bits per heavy atom. The van der Waals surface area contributed by atoms with Crippen molar-refractivity contribution in [3.05, 3.63) is 56.9 Å². The van der Waals surface area contributed by atoms with Crippen LogP contribution in [0.2, 0.25) is 0 Å². The summed E-state index contributed by atoms with van der Waals surface area (Å²) in [4.78, 5) is 29.9. The van der Waals surface area contributed by atoms with Crippen molar-refractivity contribution in [3.8, 4) is 11.1 Å². The molecule has 1 saturated heterocycles. The maximum atomic E-state index is 12.7. The van der Waals surface area contributed by atoms with Crippen molar-refractivity contribution in [1.29, 1.82) is 0 Å². The lowest BCUT2D eigenvalue weighted by molar-refractivity contribution is 0.257. The third kappa shape index (κ3) is 2.53. The van der Waals surface area contributed by atoms with Crippen LogP contribution >= 0.6 is 12.4 Å². The number of aromatic amines is 2. The second-order valence-corrected chi connectivity index (χ2v) is 6.88. The molecule has 3 aromatic rings. The Labute approximate surface area is 149 Å². The van der Waals surface area contributed by atoms with Crippen molar-refractivity contribution in [2.75, 3.05) is 13.1 Å². The van der Waals surface area contributed by atoms with E-state index in [1.54, 1.807) is 6.07 Å². The highest BCUT2D eigenvalue weighted by molar-refractivity contribution is 5.91. The number of halogens is 1. The van der Waals surface area contributed by atoms with E-state index in [9.17, 15) is 9.59 Å². The van der Waals surface area contributed by atoms with Crippen LogP contribution in [0, 0.1) is 5.92 Å². The number of piperidine rings is 1. The molecule has 130 valence electrons. The van der Waals surface area contributed by atoms with Crippen LogP contribution in [0.25, 0.3) is 22.2 Å². The largest absolute Gasteiger partial charge is 0.323 e. The van der Waals surface area contributed by atoms with Gasteiger partial charge in [0.05, 0.1) is 11.0 Å². The summed E-state index contributed by atoms with van der Waals surface area (Å²) in [6.45, 7) is 2.71. The molecular formula is C18H19ClN4O2. The molecule has 1 aromatic carbocycles. The number of pyridine rings is 1. The topological polar surface area (TPSA) is 82.7 Å². The Morgan fingerprint density at radius 1 is 1.08 bits per heavy atom. The van der Waals surface area contributed by atoms with Crippen LogP contribution in [-0.4, -0.2) is 27.6 Å². The standard InChI is InChI=1S/C18H18N4O2.ClH/c23-16-6-11(13-2-1-3-14-17(13)21-18(24)20-14)5-15-12-4-10(7-19-8-12)9-22(15)16;/h1-3,5-6,10,12,19H,4,7-9H2,(H2,20,21,24);1H/t10-,12+;/m0./s1. The second-order valence-electron chi connectivity index (χ2n) is 6.88. The number of H-pyrrole nitrogens is 2. The molecule has 5 rings (SSSR count). The zero-order valence-corrected chi connectivity index (χ0v) is 14.4. The van der Waals surface area contributed by atoms with Crippen molar-refractivity contribution >= 4 is 23.4 Å². The molecule has 0 amide bonds. The third-order valence-electron chi connectivity index (χ3n) is 5.32. The summed E-state index contributed by atoms with van der Waals surface area (Å²) in [5, 5.41) is 3.47. The molecule has 6 nitrogen and oxygen atoms in total. The molecule has 0 spiro atoms. The summed E-state index contributed by atoms with van der Waals surface area (Å²) in [5.41, 5.74) is 4.20. The van der Waals surface area contributed by atoms with Gasteiger partial charge in [0.15, 0.2) is 0 Å². The summed E-state index contributed by atoms with van der Waals surface area (Å²) in [7, 11) is 0. The van der Waals surface area contributed by atoms with Gasteiger partial charge in [-0.15, -0.1) is 12.4 Å². The molecule has 0 aliphatic carbocycles. The summed E-state index contributed by atoms with van der Waals surface area (Å²) >= 11 is 0. The lowest BCUT2D eigenvalue weighted by atomic mass is 9.83. The number of para-hydroxylation sites is 1. The number of hydrogen-bond acceptors (Lipinski definition) is 3. The van der Waals surface area contributed by atoms with E-state index in [4.69, 9.17) is 0 Å². The molecule has 0 unspecified atom stereocenters. The van der Waals surface area contributed by atoms with Crippen LogP contribution in [0.4, 0.5) is 0 Å². The highest BCUT2D eigenvalue weighted by atomic mass is 35.5. The molecule has 0 saturated carbocycles. The number of rotatable bonds is 1. The van der Waals surface area contributed by atoms with E-state index < -0.39 is 0 Å². The Bertz CT molecular complexity index is 1060. The average Bonchev–Trinajstić information content (AvgIpc) is 2.96. The van der Waals surface area contributed by atoms with E-state index in [2.05, 4.69) is 21.4 Å². The molecular weight excluding hydrogens is 340 g/mol. The number of aromatic nitrogens is 3. The Balaban J connectivity index is 0.00000157. The molecule has 1 fully saturated rings. The van der Waals surface area contributed by atoms with Crippen LogP contribution in [0.1, 0.15) is 18.0 Å². The van der Waals surface area contributed by atoms with Crippen LogP contribution < -0.4 is 16.6 Å². The van der Waals surface area contributed by atoms with Gasteiger partial charge < -0.3 is 19.9 Å². The minimum absolute atomic E-state index is 0. The van der Waals surface area contributed by atoms with Crippen LogP contribution in [0.3, 0.4) is 0 Å². The fourth-order valence-electron chi connectivity index (χ4n) is 4.26. The van der Waals surface area contributed by atoms with E-state index in [1.165, 1.54) is 0 Å². The normalized spacial score (nSPS) is 21.6. The van der Waals surface area contributed by atoms with Crippen LogP contribution in [-0.2, 0) is 6.54 Å². The molecule has 2 bridgehead atoms. The van der Waals surface area contributed by atoms with Crippen molar-refractivity contribution in [2.24, 2.45) is 5.92 Å². The summed E-state index contributed by atoms with van der Waals surface area (Å²) in [6, 6.07) is 9.52. The smallest absolute Gasteiger partial charge is 0.316 e. The highest BCUT2D eigenvalue weighted by Crippen LogP contribution is 2.34. The zero-order valence-electron chi connectivity index (χ0n) is 13.5. The summed E-state index contributed by atoms with van der Waals surface area (Å²) in [5.74, 6) is 0.930. The minimum atomic E-state index is -0.230. The molecule has 3 N–H and O–H groups in total. The first-order valence-corrected chi connectivity index (χ1v) is 8.36. The number of hydrogen-bond donors (Lipinski definition) is 3. The van der Waals surface area contributed by atoms with Crippen molar-refractivity contribution in [3.63, 3.8) is 0 Å². The molecule has 0 radical (unpaired) electrons. The number of nitrogens with zero attached hydrogens (tertiary/aromatic N) is 1. The van der Waals surface area contributed by atoms with E-state index in [0.29, 0.717) is 11.8 Å². The fraction of sp³-hybridized carbons (Fsp3) is 0.333. The molecule has 2 aromatic heterocycles. The molecule has 4 heterocycles. The van der Waals surface area contributed by atoms with E-state index in [-0.39, 0.29) is 23.7 Å². The van der Waals surface area contributed by atoms with E-state index in [0.717, 1.165) is 53.9 Å².